The number of rotatable bonds is 4. The minimum atomic E-state index is -0.529. The van der Waals surface area contributed by atoms with Crippen molar-refractivity contribution in [3.63, 3.8) is 0 Å². The van der Waals surface area contributed by atoms with Gasteiger partial charge in [-0.3, -0.25) is 4.79 Å². The molecule has 1 aromatic heterocycles. The maximum Gasteiger partial charge on any atom is 0.338 e. The van der Waals surface area contributed by atoms with Crippen molar-refractivity contribution >= 4 is 11.9 Å². The van der Waals surface area contributed by atoms with Crippen molar-refractivity contribution in [3.05, 3.63) is 47.3 Å². The van der Waals surface area contributed by atoms with Gasteiger partial charge in [-0.05, 0) is 44.2 Å². The molecular formula is C15H17N3O3. The lowest BCUT2D eigenvalue weighted by atomic mass is 10.2. The molecule has 0 saturated heterocycles. The number of aromatic nitrogens is 2. The Bertz CT molecular complexity index is 659. The van der Waals surface area contributed by atoms with Crippen LogP contribution >= 0.6 is 0 Å². The van der Waals surface area contributed by atoms with Crippen LogP contribution in [0.2, 0.25) is 0 Å². The van der Waals surface area contributed by atoms with Crippen LogP contribution in [0.4, 0.5) is 0 Å². The third-order valence-electron chi connectivity index (χ3n) is 2.97. The summed E-state index contributed by atoms with van der Waals surface area (Å²) in [5.74, 6) is -0.874. The van der Waals surface area contributed by atoms with Gasteiger partial charge in [0.15, 0.2) is 6.61 Å². The second-order valence-corrected chi connectivity index (χ2v) is 4.64. The third-order valence-corrected chi connectivity index (χ3v) is 2.97. The normalized spacial score (nSPS) is 10.2. The van der Waals surface area contributed by atoms with E-state index in [1.807, 2.05) is 19.9 Å². The van der Waals surface area contributed by atoms with E-state index in [0.29, 0.717) is 5.56 Å². The van der Waals surface area contributed by atoms with Crippen molar-refractivity contribution in [3.8, 4) is 5.69 Å². The Labute approximate surface area is 122 Å². The van der Waals surface area contributed by atoms with Crippen molar-refractivity contribution in [2.24, 2.45) is 0 Å². The molecule has 0 aliphatic heterocycles. The van der Waals surface area contributed by atoms with Crippen LogP contribution in [-0.2, 0) is 9.53 Å². The summed E-state index contributed by atoms with van der Waals surface area (Å²) in [7, 11) is 1.49. The van der Waals surface area contributed by atoms with Crippen LogP contribution < -0.4 is 5.32 Å². The smallest absolute Gasteiger partial charge is 0.338 e. The number of hydrogen-bond acceptors (Lipinski definition) is 4. The molecule has 0 aliphatic carbocycles. The first-order valence-electron chi connectivity index (χ1n) is 6.52. The molecule has 110 valence electrons. The summed E-state index contributed by atoms with van der Waals surface area (Å²) in [5.41, 5.74) is 3.21. The minimum Gasteiger partial charge on any atom is -0.452 e. The van der Waals surface area contributed by atoms with Crippen LogP contribution in [-0.4, -0.2) is 35.3 Å². The quantitative estimate of drug-likeness (QED) is 0.862. The molecule has 6 heteroatoms. The first-order valence-corrected chi connectivity index (χ1v) is 6.52. The Balaban J connectivity index is 2.10. The predicted octanol–water partition coefficient (Wildman–Crippen LogP) is 1.39. The van der Waals surface area contributed by atoms with E-state index >= 15 is 0 Å². The van der Waals surface area contributed by atoms with Gasteiger partial charge in [-0.2, -0.15) is 5.10 Å². The molecular weight excluding hydrogens is 270 g/mol. The molecule has 0 atom stereocenters. The first kappa shape index (κ1) is 14.8. The SMILES string of the molecule is CNC(=O)COC(=O)c1ccc(-n2nc(C)cc2C)cc1. The van der Waals surface area contributed by atoms with E-state index < -0.39 is 5.97 Å². The van der Waals surface area contributed by atoms with Gasteiger partial charge in [-0.15, -0.1) is 0 Å². The Kier molecular flexibility index (Phi) is 4.37. The highest BCUT2D eigenvalue weighted by molar-refractivity contribution is 5.91. The van der Waals surface area contributed by atoms with Gasteiger partial charge in [0.2, 0.25) is 0 Å². The molecule has 1 heterocycles. The summed E-state index contributed by atoms with van der Waals surface area (Å²) in [4.78, 5) is 22.8. The number of ether oxygens (including phenoxy) is 1. The third kappa shape index (κ3) is 3.47. The van der Waals surface area contributed by atoms with Crippen molar-refractivity contribution in [2.45, 2.75) is 13.8 Å². The van der Waals surface area contributed by atoms with Crippen LogP contribution in [0.3, 0.4) is 0 Å². The standard InChI is InChI=1S/C15H17N3O3/c1-10-8-11(2)18(17-10)13-6-4-12(5-7-13)15(20)21-9-14(19)16-3/h4-8H,9H2,1-3H3,(H,16,19). The molecule has 0 fully saturated rings. The molecule has 0 unspecified atom stereocenters. The number of aryl methyl sites for hydroxylation is 2. The minimum absolute atomic E-state index is 0.283. The van der Waals surface area contributed by atoms with Gasteiger partial charge in [-0.25, -0.2) is 9.48 Å². The molecule has 21 heavy (non-hydrogen) atoms. The number of nitrogens with one attached hydrogen (secondary N) is 1. The Hall–Kier alpha value is -2.63. The van der Waals surface area contributed by atoms with Crippen LogP contribution in [0, 0.1) is 13.8 Å². The fourth-order valence-corrected chi connectivity index (χ4v) is 1.92. The van der Waals surface area contributed by atoms with Gasteiger partial charge in [0.25, 0.3) is 5.91 Å². The van der Waals surface area contributed by atoms with Crippen molar-refractivity contribution in [1.29, 1.82) is 0 Å². The molecule has 1 aromatic carbocycles. The van der Waals surface area contributed by atoms with E-state index in [-0.39, 0.29) is 12.5 Å². The summed E-state index contributed by atoms with van der Waals surface area (Å²) in [5, 5.41) is 6.76. The summed E-state index contributed by atoms with van der Waals surface area (Å²) in [6.45, 7) is 3.61. The zero-order chi connectivity index (χ0) is 15.4. The fourth-order valence-electron chi connectivity index (χ4n) is 1.92. The number of carbonyl (C=O) groups is 2. The number of carbonyl (C=O) groups excluding carboxylic acids is 2. The van der Waals surface area contributed by atoms with Crippen molar-refractivity contribution in [1.82, 2.24) is 15.1 Å². The van der Waals surface area contributed by atoms with E-state index in [0.717, 1.165) is 17.1 Å². The number of nitrogens with zero attached hydrogens (tertiary/aromatic N) is 2. The number of hydrogen-bond donors (Lipinski definition) is 1. The summed E-state index contributed by atoms with van der Waals surface area (Å²) in [6.07, 6.45) is 0. The van der Waals surface area contributed by atoms with Gasteiger partial charge in [0.05, 0.1) is 16.9 Å². The van der Waals surface area contributed by atoms with E-state index in [9.17, 15) is 9.59 Å². The molecule has 2 aromatic rings. The Morgan fingerprint density at radius 3 is 2.43 bits per heavy atom. The van der Waals surface area contributed by atoms with E-state index in [4.69, 9.17) is 4.74 Å². The first-order chi connectivity index (χ1) is 10.0. The topological polar surface area (TPSA) is 73.2 Å². The predicted molar refractivity (Wildman–Crippen MR) is 77.4 cm³/mol. The summed E-state index contributed by atoms with van der Waals surface area (Å²) >= 11 is 0. The van der Waals surface area contributed by atoms with Gasteiger partial charge < -0.3 is 10.1 Å². The molecule has 0 spiro atoms. The maximum atomic E-state index is 11.8. The number of benzene rings is 1. The lowest BCUT2D eigenvalue weighted by molar-refractivity contribution is -0.123. The average molecular weight is 287 g/mol. The largest absolute Gasteiger partial charge is 0.452 e. The molecule has 6 nitrogen and oxygen atoms in total. The van der Waals surface area contributed by atoms with Crippen molar-refractivity contribution < 1.29 is 14.3 Å². The maximum absolute atomic E-state index is 11.8. The van der Waals surface area contributed by atoms with E-state index in [1.54, 1.807) is 28.9 Å². The molecule has 0 bridgehead atoms. The van der Waals surface area contributed by atoms with E-state index in [1.165, 1.54) is 7.05 Å². The van der Waals surface area contributed by atoms with Crippen LogP contribution in [0.5, 0.6) is 0 Å². The Morgan fingerprint density at radius 1 is 1.24 bits per heavy atom. The molecule has 0 radical (unpaired) electrons. The second kappa shape index (κ2) is 6.21. The molecule has 0 saturated carbocycles. The van der Waals surface area contributed by atoms with Gasteiger partial charge >= 0.3 is 5.97 Å². The lowest BCUT2D eigenvalue weighted by Gasteiger charge is -2.06. The number of amides is 1. The summed E-state index contributed by atoms with van der Waals surface area (Å²) in [6, 6.07) is 8.85. The number of likely N-dealkylation sites (N-methyl/N-ethyl adjacent to an activating group) is 1. The highest BCUT2D eigenvalue weighted by atomic mass is 16.5. The van der Waals surface area contributed by atoms with Crippen LogP contribution in [0.15, 0.2) is 30.3 Å². The van der Waals surface area contributed by atoms with Crippen molar-refractivity contribution in [2.75, 3.05) is 13.7 Å². The summed E-state index contributed by atoms with van der Waals surface area (Å²) < 4.78 is 6.68. The molecule has 1 amide bonds. The van der Waals surface area contributed by atoms with Gasteiger partial charge in [0, 0.05) is 12.7 Å². The van der Waals surface area contributed by atoms with Gasteiger partial charge in [0.1, 0.15) is 0 Å². The molecule has 2 rings (SSSR count). The second-order valence-electron chi connectivity index (χ2n) is 4.64. The Morgan fingerprint density at radius 2 is 1.90 bits per heavy atom. The van der Waals surface area contributed by atoms with E-state index in [2.05, 4.69) is 10.4 Å². The fraction of sp³-hybridized carbons (Fsp3) is 0.267. The zero-order valence-corrected chi connectivity index (χ0v) is 12.2. The average Bonchev–Trinajstić information content (AvgIpc) is 2.83. The number of esters is 1. The highest BCUT2D eigenvalue weighted by Gasteiger charge is 2.10. The molecule has 1 N–H and O–H groups in total. The molecule has 0 aliphatic rings. The van der Waals surface area contributed by atoms with Gasteiger partial charge in [-0.1, -0.05) is 0 Å². The highest BCUT2D eigenvalue weighted by Crippen LogP contribution is 2.13. The lowest BCUT2D eigenvalue weighted by Crippen LogP contribution is -2.25. The van der Waals surface area contributed by atoms with Crippen LogP contribution in [0.25, 0.3) is 5.69 Å². The van der Waals surface area contributed by atoms with Crippen LogP contribution in [0.1, 0.15) is 21.7 Å². The zero-order valence-electron chi connectivity index (χ0n) is 12.2. The monoisotopic (exact) mass is 287 g/mol.